The number of hydrogen-bond acceptors (Lipinski definition) is 5. The molecule has 1 heterocycles. The molecule has 2 N–H and O–H groups in total. The summed E-state index contributed by atoms with van der Waals surface area (Å²) in [5.74, 6) is 0.946. The minimum atomic E-state index is 0.187. The first-order valence-electron chi connectivity index (χ1n) is 6.41. The number of hydrogen-bond donors (Lipinski definition) is 2. The molecule has 1 aliphatic heterocycles. The van der Waals surface area contributed by atoms with E-state index in [1.807, 2.05) is 0 Å². The summed E-state index contributed by atoms with van der Waals surface area (Å²) in [6.07, 6.45) is 2.50. The number of thioether (sulfide) groups is 1. The quantitative estimate of drug-likeness (QED) is 0.585. The van der Waals surface area contributed by atoms with Crippen molar-refractivity contribution in [3.63, 3.8) is 0 Å². The fourth-order valence-corrected chi connectivity index (χ4v) is 2.16. The van der Waals surface area contributed by atoms with Crippen LogP contribution in [-0.4, -0.2) is 41.4 Å². The highest BCUT2D eigenvalue weighted by atomic mass is 32.2. The van der Waals surface area contributed by atoms with E-state index in [9.17, 15) is 0 Å². The molecule has 0 aliphatic carbocycles. The Morgan fingerprint density at radius 1 is 1.47 bits per heavy atom. The van der Waals surface area contributed by atoms with Gasteiger partial charge in [-0.05, 0) is 33.7 Å². The second kappa shape index (κ2) is 7.24. The predicted octanol–water partition coefficient (Wildman–Crippen LogP) is 2.04. The molecular formula is C12H26N4S. The summed E-state index contributed by atoms with van der Waals surface area (Å²) >= 11 is 1.76. The Morgan fingerprint density at radius 3 is 2.76 bits per heavy atom. The first kappa shape index (κ1) is 14.8. The normalized spacial score (nSPS) is 17.8. The van der Waals surface area contributed by atoms with Crippen molar-refractivity contribution < 1.29 is 0 Å². The van der Waals surface area contributed by atoms with E-state index in [0.717, 1.165) is 30.9 Å². The molecule has 0 radical (unpaired) electrons. The Balaban J connectivity index is 2.18. The lowest BCUT2D eigenvalue weighted by molar-refractivity contribution is 0.131. The van der Waals surface area contributed by atoms with Crippen molar-refractivity contribution in [2.45, 2.75) is 46.1 Å². The summed E-state index contributed by atoms with van der Waals surface area (Å²) in [4.78, 5) is 6.87. The van der Waals surface area contributed by atoms with Crippen LogP contribution in [0.1, 0.15) is 40.5 Å². The van der Waals surface area contributed by atoms with Crippen LogP contribution in [0.15, 0.2) is 4.99 Å². The van der Waals surface area contributed by atoms with Gasteiger partial charge in [0.2, 0.25) is 0 Å². The van der Waals surface area contributed by atoms with Crippen LogP contribution in [0.4, 0.5) is 0 Å². The predicted molar refractivity (Wildman–Crippen MR) is 77.3 cm³/mol. The van der Waals surface area contributed by atoms with Gasteiger partial charge in [-0.3, -0.25) is 4.90 Å². The van der Waals surface area contributed by atoms with Crippen molar-refractivity contribution in [2.75, 3.05) is 25.8 Å². The topological polar surface area (TPSA) is 39.7 Å². The van der Waals surface area contributed by atoms with Crippen molar-refractivity contribution >= 4 is 16.9 Å². The van der Waals surface area contributed by atoms with Gasteiger partial charge in [-0.2, -0.15) is 0 Å². The lowest BCUT2D eigenvalue weighted by atomic mass is 10.1. The molecule has 100 valence electrons. The van der Waals surface area contributed by atoms with Gasteiger partial charge in [0.15, 0.2) is 5.17 Å². The summed E-state index contributed by atoms with van der Waals surface area (Å²) in [7, 11) is 0. The van der Waals surface area contributed by atoms with Crippen molar-refractivity contribution in [1.82, 2.24) is 15.5 Å². The Bertz CT molecular complexity index is 247. The standard InChI is InChI=1S/C12H26N4S/c1-5-6-7-13-10-17-11-14-8-16(9-15-11)12(2,3)4/h13H,5-10H2,1-4H3,(H,14,15). The third kappa shape index (κ3) is 5.75. The summed E-state index contributed by atoms with van der Waals surface area (Å²) in [6, 6.07) is 0. The molecule has 0 aromatic heterocycles. The van der Waals surface area contributed by atoms with E-state index < -0.39 is 0 Å². The lowest BCUT2D eigenvalue weighted by Gasteiger charge is -2.37. The molecule has 0 bridgehead atoms. The van der Waals surface area contributed by atoms with Gasteiger partial charge in [-0.15, -0.1) is 0 Å². The average molecular weight is 258 g/mol. The Hall–Kier alpha value is -0.260. The van der Waals surface area contributed by atoms with Gasteiger partial charge >= 0.3 is 0 Å². The fraction of sp³-hybridized carbons (Fsp3) is 0.917. The van der Waals surface area contributed by atoms with Crippen LogP contribution in [0.2, 0.25) is 0 Å². The van der Waals surface area contributed by atoms with Crippen molar-refractivity contribution in [3.05, 3.63) is 0 Å². The van der Waals surface area contributed by atoms with Crippen molar-refractivity contribution in [2.24, 2.45) is 4.99 Å². The van der Waals surface area contributed by atoms with Gasteiger partial charge in [-0.1, -0.05) is 25.1 Å². The first-order valence-corrected chi connectivity index (χ1v) is 7.39. The highest BCUT2D eigenvalue weighted by Gasteiger charge is 2.23. The van der Waals surface area contributed by atoms with Gasteiger partial charge < -0.3 is 10.6 Å². The molecule has 0 spiro atoms. The van der Waals surface area contributed by atoms with Gasteiger partial charge in [0.25, 0.3) is 0 Å². The van der Waals surface area contributed by atoms with E-state index in [2.05, 4.69) is 48.2 Å². The zero-order valence-corrected chi connectivity index (χ0v) is 12.4. The van der Waals surface area contributed by atoms with E-state index in [1.54, 1.807) is 11.8 Å². The second-order valence-electron chi connectivity index (χ2n) is 5.29. The first-order chi connectivity index (χ1) is 8.04. The summed E-state index contributed by atoms with van der Waals surface area (Å²) in [6.45, 7) is 11.7. The molecule has 5 heteroatoms. The Morgan fingerprint density at radius 2 is 2.24 bits per heavy atom. The molecule has 0 saturated carbocycles. The number of nitrogens with zero attached hydrogens (tertiary/aromatic N) is 2. The number of aliphatic imine (C=N–C) groups is 1. The van der Waals surface area contributed by atoms with Crippen molar-refractivity contribution in [3.8, 4) is 0 Å². The number of unbranched alkanes of at least 4 members (excludes halogenated alkanes) is 1. The van der Waals surface area contributed by atoms with Crippen LogP contribution in [-0.2, 0) is 0 Å². The van der Waals surface area contributed by atoms with E-state index in [4.69, 9.17) is 0 Å². The molecule has 0 atom stereocenters. The number of rotatable bonds is 5. The molecule has 1 rings (SSSR count). The maximum Gasteiger partial charge on any atom is 0.160 e. The van der Waals surface area contributed by atoms with E-state index in [0.29, 0.717) is 0 Å². The van der Waals surface area contributed by atoms with Crippen LogP contribution in [0.5, 0.6) is 0 Å². The Kier molecular flexibility index (Phi) is 6.30. The molecule has 0 saturated heterocycles. The molecule has 0 aromatic carbocycles. The second-order valence-corrected chi connectivity index (χ2v) is 6.26. The minimum absolute atomic E-state index is 0.187. The number of amidine groups is 1. The van der Waals surface area contributed by atoms with Crippen LogP contribution in [0.3, 0.4) is 0 Å². The highest BCUT2D eigenvalue weighted by Crippen LogP contribution is 2.15. The lowest BCUT2D eigenvalue weighted by Crippen LogP contribution is -2.50. The zero-order valence-electron chi connectivity index (χ0n) is 11.5. The maximum absolute atomic E-state index is 4.55. The van der Waals surface area contributed by atoms with Gasteiger partial charge in [0, 0.05) is 11.4 Å². The minimum Gasteiger partial charge on any atom is -0.352 e. The summed E-state index contributed by atoms with van der Waals surface area (Å²) < 4.78 is 0. The van der Waals surface area contributed by atoms with Gasteiger partial charge in [-0.25, -0.2) is 4.99 Å². The van der Waals surface area contributed by atoms with Crippen molar-refractivity contribution in [1.29, 1.82) is 0 Å². The molecule has 0 fully saturated rings. The van der Waals surface area contributed by atoms with Gasteiger partial charge in [0.1, 0.15) is 0 Å². The molecule has 1 aliphatic rings. The van der Waals surface area contributed by atoms with E-state index >= 15 is 0 Å². The molecule has 0 amide bonds. The van der Waals surface area contributed by atoms with Crippen LogP contribution >= 0.6 is 11.8 Å². The molecule has 0 unspecified atom stereocenters. The van der Waals surface area contributed by atoms with Crippen LogP contribution < -0.4 is 10.6 Å². The Labute approximate surface area is 110 Å². The average Bonchev–Trinajstić information content (AvgIpc) is 2.28. The van der Waals surface area contributed by atoms with E-state index in [1.165, 1.54) is 12.8 Å². The monoisotopic (exact) mass is 258 g/mol. The zero-order chi connectivity index (χ0) is 12.7. The van der Waals surface area contributed by atoms with Crippen LogP contribution in [0.25, 0.3) is 0 Å². The third-order valence-corrected chi connectivity index (χ3v) is 3.67. The largest absolute Gasteiger partial charge is 0.352 e. The summed E-state index contributed by atoms with van der Waals surface area (Å²) in [5.41, 5.74) is 0.187. The smallest absolute Gasteiger partial charge is 0.160 e. The third-order valence-electron chi connectivity index (χ3n) is 2.77. The number of nitrogens with one attached hydrogen (secondary N) is 2. The molecule has 0 aromatic rings. The SMILES string of the molecule is CCCCNCSC1=NCN(C(C)(C)C)CN1. The highest BCUT2D eigenvalue weighted by molar-refractivity contribution is 8.13. The molecular weight excluding hydrogens is 232 g/mol. The summed E-state index contributed by atoms with van der Waals surface area (Å²) in [5, 5.41) is 7.83. The van der Waals surface area contributed by atoms with E-state index in [-0.39, 0.29) is 5.54 Å². The fourth-order valence-electron chi connectivity index (χ4n) is 1.46. The van der Waals surface area contributed by atoms with Crippen LogP contribution in [0, 0.1) is 0 Å². The maximum atomic E-state index is 4.55. The van der Waals surface area contributed by atoms with Gasteiger partial charge in [0.05, 0.1) is 13.3 Å². The molecule has 4 nitrogen and oxygen atoms in total. The molecule has 17 heavy (non-hydrogen) atoms.